The predicted molar refractivity (Wildman–Crippen MR) is 98.2 cm³/mol. The molecule has 6 nitrogen and oxygen atoms in total. The number of nitrogens with zero attached hydrogens (tertiary/aromatic N) is 1. The molecule has 0 aromatic heterocycles. The molecule has 0 fully saturated rings. The number of aliphatic hydroxyl groups is 1. The highest BCUT2D eigenvalue weighted by Gasteiger charge is 2.25. The van der Waals surface area contributed by atoms with Crippen molar-refractivity contribution >= 4 is 11.9 Å². The lowest BCUT2D eigenvalue weighted by molar-refractivity contribution is -0.873. The number of rotatable bonds is 14. The summed E-state index contributed by atoms with van der Waals surface area (Å²) >= 11 is 0. The Morgan fingerprint density at radius 1 is 1.08 bits per heavy atom. The first kappa shape index (κ1) is 23.6. The Hall–Kier alpha value is -1.40. The van der Waals surface area contributed by atoms with Crippen molar-refractivity contribution in [1.82, 2.24) is 0 Å². The van der Waals surface area contributed by atoms with Crippen molar-refractivity contribution in [2.24, 2.45) is 0 Å². The van der Waals surface area contributed by atoms with Gasteiger partial charge in [-0.25, -0.2) is 0 Å². The molecule has 146 valence electrons. The lowest BCUT2D eigenvalue weighted by Gasteiger charge is -2.28. The Morgan fingerprint density at radius 3 is 2.32 bits per heavy atom. The molecule has 0 rings (SSSR count). The quantitative estimate of drug-likeness (QED) is 0.216. The zero-order valence-electron chi connectivity index (χ0n) is 16.2. The number of hydrogen-bond acceptors (Lipinski definition) is 4. The van der Waals surface area contributed by atoms with Gasteiger partial charge in [-0.05, 0) is 19.3 Å². The van der Waals surface area contributed by atoms with E-state index in [0.29, 0.717) is 17.4 Å². The summed E-state index contributed by atoms with van der Waals surface area (Å²) in [4.78, 5) is 22.8. The predicted octanol–water partition coefficient (Wildman–Crippen LogP) is 2.75. The number of allylic oxidation sites excluding steroid dienone is 1. The molecular weight excluding hydrogens is 322 g/mol. The van der Waals surface area contributed by atoms with Gasteiger partial charge in [-0.3, -0.25) is 9.59 Å². The average Bonchev–Trinajstić information content (AvgIpc) is 2.43. The van der Waals surface area contributed by atoms with E-state index in [0.717, 1.165) is 12.8 Å². The van der Waals surface area contributed by atoms with Gasteiger partial charge in [-0.1, -0.05) is 38.3 Å². The number of ether oxygens (including phenoxy) is 1. The fourth-order valence-corrected chi connectivity index (χ4v) is 2.52. The first-order valence-electron chi connectivity index (χ1n) is 9.18. The van der Waals surface area contributed by atoms with Crippen LogP contribution in [0.3, 0.4) is 0 Å². The van der Waals surface area contributed by atoms with Crippen LogP contribution in [-0.2, 0) is 14.3 Å². The minimum Gasteiger partial charge on any atom is -0.481 e. The Labute approximate surface area is 152 Å². The minimum atomic E-state index is -1.00. The Kier molecular flexibility index (Phi) is 12.2. The summed E-state index contributed by atoms with van der Waals surface area (Å²) in [5, 5.41) is 18.9. The van der Waals surface area contributed by atoms with Crippen molar-refractivity contribution in [3.05, 3.63) is 12.2 Å². The highest BCUT2D eigenvalue weighted by atomic mass is 16.5. The highest BCUT2D eigenvalue weighted by Crippen LogP contribution is 2.09. The molecule has 25 heavy (non-hydrogen) atoms. The number of aliphatic carboxylic acids is 1. The number of carbonyl (C=O) groups excluding carboxylic acids is 1. The first-order valence-corrected chi connectivity index (χ1v) is 9.18. The van der Waals surface area contributed by atoms with Crippen LogP contribution in [0, 0.1) is 0 Å². The van der Waals surface area contributed by atoms with E-state index in [1.165, 1.54) is 19.3 Å². The van der Waals surface area contributed by atoms with Gasteiger partial charge in [-0.2, -0.15) is 0 Å². The number of unbranched alkanes of at least 4 members (excludes halogenated alkanes) is 4. The average molecular weight is 358 g/mol. The molecular formula is C19H36NO5+. The molecule has 6 heteroatoms. The molecule has 0 saturated heterocycles. The maximum atomic E-state index is 11.9. The van der Waals surface area contributed by atoms with Crippen molar-refractivity contribution in [3.8, 4) is 0 Å². The number of carboxylic acid groups (broad SMARTS) is 1. The van der Waals surface area contributed by atoms with Crippen molar-refractivity contribution in [1.29, 1.82) is 0 Å². The number of esters is 1. The lowest BCUT2D eigenvalue weighted by atomic mass is 10.1. The standard InChI is InChI=1S/C19H35NO5/c1-5-6-7-8-9-10-11-12-16(21)13-19(24)25-17(14-18(22)23)15-20(2,3)4/h10-11,16-17,21H,5-9,12-15H2,1-4H3/p+1/b11-10-/t16-,17+/m0/s1. The third kappa shape index (κ3) is 15.8. The summed E-state index contributed by atoms with van der Waals surface area (Å²) < 4.78 is 5.75. The van der Waals surface area contributed by atoms with Crippen LogP contribution in [0.25, 0.3) is 0 Å². The number of aliphatic hydroxyl groups excluding tert-OH is 1. The zero-order valence-corrected chi connectivity index (χ0v) is 16.2. The van der Waals surface area contributed by atoms with E-state index in [2.05, 4.69) is 6.92 Å². The fourth-order valence-electron chi connectivity index (χ4n) is 2.52. The van der Waals surface area contributed by atoms with E-state index in [9.17, 15) is 14.7 Å². The summed E-state index contributed by atoms with van der Waals surface area (Å²) in [7, 11) is 5.72. The van der Waals surface area contributed by atoms with E-state index in [1.54, 1.807) is 0 Å². The molecule has 0 saturated carbocycles. The van der Waals surface area contributed by atoms with E-state index >= 15 is 0 Å². The second-order valence-corrected chi connectivity index (χ2v) is 7.60. The number of carbonyl (C=O) groups is 2. The van der Waals surface area contributed by atoms with E-state index in [1.807, 2.05) is 33.3 Å². The largest absolute Gasteiger partial charge is 0.481 e. The molecule has 0 aliphatic rings. The molecule has 0 unspecified atom stereocenters. The van der Waals surface area contributed by atoms with Gasteiger partial charge in [0, 0.05) is 0 Å². The van der Waals surface area contributed by atoms with Crippen LogP contribution in [0.1, 0.15) is 58.3 Å². The maximum absolute atomic E-state index is 11.9. The third-order valence-corrected chi connectivity index (χ3v) is 3.65. The van der Waals surface area contributed by atoms with Crippen LogP contribution < -0.4 is 0 Å². The van der Waals surface area contributed by atoms with Gasteiger partial charge in [0.1, 0.15) is 6.54 Å². The second kappa shape index (κ2) is 12.9. The number of quaternary nitrogens is 1. The molecule has 0 amide bonds. The number of carboxylic acids is 1. The van der Waals surface area contributed by atoms with Crippen LogP contribution in [0.4, 0.5) is 0 Å². The van der Waals surface area contributed by atoms with Gasteiger partial charge < -0.3 is 19.4 Å². The van der Waals surface area contributed by atoms with Gasteiger partial charge in [-0.15, -0.1) is 0 Å². The van der Waals surface area contributed by atoms with E-state index in [4.69, 9.17) is 9.84 Å². The van der Waals surface area contributed by atoms with Crippen molar-refractivity contribution in [2.45, 2.75) is 70.5 Å². The normalized spacial score (nSPS) is 14.4. The Bertz CT molecular complexity index is 415. The molecule has 0 aromatic carbocycles. The van der Waals surface area contributed by atoms with Crippen molar-refractivity contribution in [3.63, 3.8) is 0 Å². The summed E-state index contributed by atoms with van der Waals surface area (Å²) in [5.41, 5.74) is 0. The summed E-state index contributed by atoms with van der Waals surface area (Å²) in [6, 6.07) is 0. The molecule has 0 radical (unpaired) electrons. The topological polar surface area (TPSA) is 83.8 Å². The fraction of sp³-hybridized carbons (Fsp3) is 0.789. The van der Waals surface area contributed by atoms with Crippen LogP contribution in [-0.4, -0.2) is 66.5 Å². The number of hydrogen-bond donors (Lipinski definition) is 2. The molecule has 0 aliphatic heterocycles. The first-order chi connectivity index (χ1) is 11.6. The van der Waals surface area contributed by atoms with Gasteiger partial charge in [0.05, 0.1) is 40.1 Å². The van der Waals surface area contributed by atoms with E-state index in [-0.39, 0.29) is 12.8 Å². The van der Waals surface area contributed by atoms with Gasteiger partial charge in [0.2, 0.25) is 0 Å². The smallest absolute Gasteiger partial charge is 0.308 e. The third-order valence-electron chi connectivity index (χ3n) is 3.65. The van der Waals surface area contributed by atoms with Crippen LogP contribution in [0.15, 0.2) is 12.2 Å². The molecule has 2 atom stereocenters. The summed E-state index contributed by atoms with van der Waals surface area (Å²) in [6.07, 6.45) is 8.30. The zero-order chi connectivity index (χ0) is 19.3. The van der Waals surface area contributed by atoms with Crippen molar-refractivity contribution in [2.75, 3.05) is 27.7 Å². The van der Waals surface area contributed by atoms with E-state index < -0.39 is 24.1 Å². The maximum Gasteiger partial charge on any atom is 0.308 e. The summed E-state index contributed by atoms with van der Waals surface area (Å²) in [6.45, 7) is 2.58. The van der Waals surface area contributed by atoms with Gasteiger partial charge >= 0.3 is 11.9 Å². The molecule has 0 aliphatic carbocycles. The highest BCUT2D eigenvalue weighted by molar-refractivity contribution is 5.72. The minimum absolute atomic E-state index is 0.118. The molecule has 0 bridgehead atoms. The van der Waals surface area contributed by atoms with Crippen LogP contribution >= 0.6 is 0 Å². The Morgan fingerprint density at radius 2 is 1.76 bits per heavy atom. The molecule has 0 spiro atoms. The lowest BCUT2D eigenvalue weighted by Crippen LogP contribution is -2.44. The molecule has 0 heterocycles. The van der Waals surface area contributed by atoms with Crippen LogP contribution in [0.5, 0.6) is 0 Å². The Balaban J connectivity index is 4.18. The number of likely N-dealkylation sites (N-methyl/N-ethyl adjacent to an activating group) is 1. The van der Waals surface area contributed by atoms with Gasteiger partial charge in [0.25, 0.3) is 0 Å². The second-order valence-electron chi connectivity index (χ2n) is 7.60. The SMILES string of the molecule is CCCCCC/C=C\C[C@H](O)CC(=O)O[C@H](CC(=O)O)C[N+](C)(C)C. The molecule has 2 N–H and O–H groups in total. The van der Waals surface area contributed by atoms with Crippen molar-refractivity contribution < 1.29 is 29.0 Å². The monoisotopic (exact) mass is 358 g/mol. The van der Waals surface area contributed by atoms with Crippen LogP contribution in [0.2, 0.25) is 0 Å². The molecule has 0 aromatic rings. The van der Waals surface area contributed by atoms with Gasteiger partial charge in [0.15, 0.2) is 6.10 Å². The summed E-state index contributed by atoms with van der Waals surface area (Å²) in [5.74, 6) is -1.55.